The van der Waals surface area contributed by atoms with Gasteiger partial charge in [0.1, 0.15) is 0 Å². The van der Waals surface area contributed by atoms with Gasteiger partial charge in [-0.1, -0.05) is 65.0 Å². The highest BCUT2D eigenvalue weighted by Gasteiger charge is 2.66. The number of carbonyl (C=O) groups excluding carboxylic acids is 1. The van der Waals surface area contributed by atoms with Gasteiger partial charge in [-0.2, -0.15) is 0 Å². The van der Waals surface area contributed by atoms with Crippen molar-refractivity contribution in [1.82, 2.24) is 10.3 Å². The van der Waals surface area contributed by atoms with Gasteiger partial charge in [0.25, 0.3) is 0 Å². The molecule has 3 fully saturated rings. The number of benzene rings is 1. The number of aromatic nitrogens is 1. The highest BCUT2D eigenvalue weighted by atomic mass is 16.3. The van der Waals surface area contributed by atoms with Gasteiger partial charge in [-0.3, -0.25) is 9.78 Å². The molecule has 3 saturated carbocycles. The normalized spacial score (nSPS) is 38.0. The Morgan fingerprint density at radius 1 is 1.05 bits per heavy atom. The first-order valence-electron chi connectivity index (χ1n) is 14.9. The van der Waals surface area contributed by atoms with Gasteiger partial charge in [0.15, 0.2) is 11.5 Å². The van der Waals surface area contributed by atoms with Gasteiger partial charge in [0.05, 0.1) is 0 Å². The summed E-state index contributed by atoms with van der Waals surface area (Å²) in [5.41, 5.74) is 3.10. The van der Waals surface area contributed by atoms with Crippen LogP contribution in [0.1, 0.15) is 90.7 Å². The fourth-order valence-electron chi connectivity index (χ4n) is 9.47. The fourth-order valence-corrected chi connectivity index (χ4v) is 9.47. The Bertz CT molecular complexity index is 1530. The van der Waals surface area contributed by atoms with Crippen LogP contribution in [0.3, 0.4) is 0 Å². The molecule has 40 heavy (non-hydrogen) atoms. The third-order valence-corrected chi connectivity index (χ3v) is 12.5. The van der Waals surface area contributed by atoms with E-state index in [4.69, 9.17) is 0 Å². The molecule has 6 atom stereocenters. The number of nitrogens with zero attached hydrogens (tertiary/aromatic N) is 1. The molecule has 1 heterocycles. The van der Waals surface area contributed by atoms with Crippen molar-refractivity contribution in [3.8, 4) is 11.5 Å². The summed E-state index contributed by atoms with van der Waals surface area (Å²) in [5.74, 6) is 0.367. The molecule has 4 aliphatic rings. The predicted molar refractivity (Wildman–Crippen MR) is 159 cm³/mol. The minimum absolute atomic E-state index is 0.0360. The number of aromatic hydroxyl groups is 2. The highest BCUT2D eigenvalue weighted by molar-refractivity contribution is 5.82. The Labute approximate surface area is 238 Å². The summed E-state index contributed by atoms with van der Waals surface area (Å²) in [7, 11) is 0. The molecule has 0 bridgehead atoms. The number of phenols is 2. The smallest absolute Gasteiger partial charge is 0.226 e. The lowest BCUT2D eigenvalue weighted by atomic mass is 9.34. The lowest BCUT2D eigenvalue weighted by Crippen LogP contribution is -2.63. The van der Waals surface area contributed by atoms with Crippen molar-refractivity contribution in [1.29, 1.82) is 0 Å². The van der Waals surface area contributed by atoms with E-state index in [-0.39, 0.29) is 39.1 Å². The van der Waals surface area contributed by atoms with Crippen LogP contribution in [0, 0.1) is 27.6 Å². The Hall–Kier alpha value is -3.08. The van der Waals surface area contributed by atoms with Crippen molar-refractivity contribution in [3.63, 3.8) is 0 Å². The zero-order valence-corrected chi connectivity index (χ0v) is 24.7. The largest absolute Gasteiger partial charge is 0.504 e. The Morgan fingerprint density at radius 3 is 2.52 bits per heavy atom. The Balaban J connectivity index is 1.36. The number of amides is 1. The van der Waals surface area contributed by atoms with Gasteiger partial charge in [0, 0.05) is 35.0 Å². The van der Waals surface area contributed by atoms with Gasteiger partial charge >= 0.3 is 0 Å². The van der Waals surface area contributed by atoms with E-state index in [0.717, 1.165) is 61.3 Å². The molecule has 0 spiro atoms. The molecule has 1 amide bonds. The van der Waals surface area contributed by atoms with Crippen LogP contribution < -0.4 is 15.8 Å². The van der Waals surface area contributed by atoms with Gasteiger partial charge < -0.3 is 15.5 Å². The molecule has 3 N–H and O–H groups in total. The lowest BCUT2D eigenvalue weighted by Gasteiger charge is -2.69. The van der Waals surface area contributed by atoms with Gasteiger partial charge in [0.2, 0.25) is 5.91 Å². The van der Waals surface area contributed by atoms with E-state index in [1.165, 1.54) is 5.57 Å². The molecule has 0 radical (unpaired) electrons. The molecular formula is C35H44N2O3. The van der Waals surface area contributed by atoms with Crippen LogP contribution in [0.15, 0.2) is 42.2 Å². The molecule has 5 nitrogen and oxygen atoms in total. The first kappa shape index (κ1) is 27.1. The second-order valence-electron chi connectivity index (χ2n) is 14.5. The number of phenolic OH excluding ortho intramolecular Hbond substituents is 2. The van der Waals surface area contributed by atoms with Crippen LogP contribution in [-0.2, 0) is 16.8 Å². The summed E-state index contributed by atoms with van der Waals surface area (Å²) in [4.78, 5) is 17.9. The third kappa shape index (κ3) is 3.58. The molecule has 6 rings (SSSR count). The quantitative estimate of drug-likeness (QED) is 0.442. The number of nitrogens with one attached hydrogen (secondary N) is 1. The topological polar surface area (TPSA) is 82.5 Å². The maximum atomic E-state index is 13.7. The summed E-state index contributed by atoms with van der Waals surface area (Å²) in [6.07, 6.45) is 15.2. The van der Waals surface area contributed by atoms with Crippen LogP contribution in [0.4, 0.5) is 0 Å². The van der Waals surface area contributed by atoms with Gasteiger partial charge in [-0.25, -0.2) is 0 Å². The zero-order chi connectivity index (χ0) is 28.7. The van der Waals surface area contributed by atoms with Crippen LogP contribution in [0.25, 0.3) is 12.7 Å². The number of hydrogen-bond acceptors (Lipinski definition) is 4. The maximum Gasteiger partial charge on any atom is 0.226 e. The third-order valence-electron chi connectivity index (χ3n) is 12.5. The molecular weight excluding hydrogens is 496 g/mol. The van der Waals surface area contributed by atoms with Crippen LogP contribution in [0.5, 0.6) is 11.5 Å². The number of hydrogen-bond donors (Lipinski definition) is 3. The molecule has 4 aliphatic carbocycles. The van der Waals surface area contributed by atoms with E-state index in [0.29, 0.717) is 17.7 Å². The summed E-state index contributed by atoms with van der Waals surface area (Å²) < 4.78 is 0. The molecule has 0 unspecified atom stereocenters. The zero-order valence-electron chi connectivity index (χ0n) is 24.7. The first-order chi connectivity index (χ1) is 18.8. The Kier molecular flexibility index (Phi) is 5.90. The minimum atomic E-state index is -0.403. The van der Waals surface area contributed by atoms with Crippen molar-refractivity contribution >= 4 is 18.6 Å². The fraction of sp³-hybridized carbons (Fsp3) is 0.543. The lowest BCUT2D eigenvalue weighted by molar-refractivity contribution is -0.167. The highest BCUT2D eigenvalue weighted by Crippen LogP contribution is 2.74. The van der Waals surface area contributed by atoms with Crippen LogP contribution >= 0.6 is 0 Å². The Morgan fingerprint density at radius 2 is 1.80 bits per heavy atom. The average molecular weight is 541 g/mol. The van der Waals surface area contributed by atoms with E-state index in [2.05, 4.69) is 63.7 Å². The van der Waals surface area contributed by atoms with Crippen LogP contribution in [0.2, 0.25) is 0 Å². The van der Waals surface area contributed by atoms with Crippen molar-refractivity contribution in [2.24, 2.45) is 27.6 Å². The molecule has 0 aliphatic heterocycles. The van der Waals surface area contributed by atoms with Crippen molar-refractivity contribution in [2.75, 3.05) is 0 Å². The first-order valence-corrected chi connectivity index (χ1v) is 14.9. The summed E-state index contributed by atoms with van der Waals surface area (Å²) in [6.45, 7) is 16.6. The van der Waals surface area contributed by atoms with Crippen molar-refractivity contribution in [3.05, 3.63) is 63.8 Å². The van der Waals surface area contributed by atoms with E-state index < -0.39 is 5.41 Å². The average Bonchev–Trinajstić information content (AvgIpc) is 2.94. The number of pyridine rings is 1. The van der Waals surface area contributed by atoms with E-state index >= 15 is 0 Å². The SMILES string of the molecule is C=c1c(O)c(O)cc2c1=CC=C1[C@@]2(C)CC[C@@]2(C)[C@@H]3C[C@](C)(C(=O)NCc4cccnc4)CC[C@]3(C)CC[C@]12C. The molecule has 1 aromatic heterocycles. The monoisotopic (exact) mass is 540 g/mol. The van der Waals surface area contributed by atoms with Crippen LogP contribution in [-0.4, -0.2) is 21.1 Å². The second-order valence-corrected chi connectivity index (χ2v) is 14.5. The summed E-state index contributed by atoms with van der Waals surface area (Å²) in [5, 5.41) is 25.6. The minimum Gasteiger partial charge on any atom is -0.504 e. The van der Waals surface area contributed by atoms with E-state index in [9.17, 15) is 15.0 Å². The van der Waals surface area contributed by atoms with Gasteiger partial charge in [-0.15, -0.1) is 0 Å². The maximum absolute atomic E-state index is 13.7. The van der Waals surface area contributed by atoms with Crippen molar-refractivity contribution in [2.45, 2.75) is 91.5 Å². The number of allylic oxidation sites excluding steroid dienone is 2. The predicted octanol–water partition coefficient (Wildman–Crippen LogP) is 5.61. The number of rotatable bonds is 3. The summed E-state index contributed by atoms with van der Waals surface area (Å²) in [6, 6.07) is 5.69. The molecule has 0 saturated heterocycles. The van der Waals surface area contributed by atoms with E-state index in [1.54, 1.807) is 12.3 Å². The standard InChI is InChI=1S/C35H44N2O3/c1-22-24-9-10-27-33(4,25(24)18-26(38)29(22)39)14-16-35(6)28-19-32(3,12-11-31(28,2)13-15-34(27,35)5)30(40)37-21-23-8-7-17-36-20-23/h7-10,17-18,20,28,38-39H,1,11-16,19,21H2,2-6H3,(H,37,40)/t28-,31-,32-,33+,34-,35+/m1/s1. The summed E-state index contributed by atoms with van der Waals surface area (Å²) >= 11 is 0. The van der Waals surface area contributed by atoms with Crippen molar-refractivity contribution < 1.29 is 15.0 Å². The molecule has 212 valence electrons. The second kappa shape index (κ2) is 8.71. The molecule has 2 aromatic rings. The number of carbonyl (C=O) groups is 1. The molecule has 5 heteroatoms. The number of fused-ring (bicyclic) bond motifs is 7. The molecule has 1 aromatic carbocycles. The van der Waals surface area contributed by atoms with Gasteiger partial charge in [-0.05, 0) is 95.6 Å². The van der Waals surface area contributed by atoms with E-state index in [1.807, 2.05) is 18.3 Å².